The van der Waals surface area contributed by atoms with E-state index in [0.717, 1.165) is 6.42 Å². The van der Waals surface area contributed by atoms with Crippen LogP contribution in [0.5, 0.6) is 0 Å². The first kappa shape index (κ1) is 10.7. The largest absolute Gasteiger partial charge is 0.477 e. The third-order valence-corrected chi connectivity index (χ3v) is 2.01. The highest BCUT2D eigenvalue weighted by Gasteiger charge is 2.27. The Morgan fingerprint density at radius 3 is 2.71 bits per heavy atom. The molecule has 14 heavy (non-hydrogen) atoms. The van der Waals surface area contributed by atoms with Crippen molar-refractivity contribution < 1.29 is 14.7 Å². The zero-order valence-corrected chi connectivity index (χ0v) is 8.36. The molecule has 5 heteroatoms. The second-order valence-electron chi connectivity index (χ2n) is 3.73. The van der Waals surface area contributed by atoms with E-state index in [1.165, 1.54) is 5.01 Å². The molecule has 1 heterocycles. The molecule has 0 bridgehead atoms. The second-order valence-corrected chi connectivity index (χ2v) is 3.73. The number of hydrogen-bond donors (Lipinski definition) is 1. The quantitative estimate of drug-likeness (QED) is 0.723. The van der Waals surface area contributed by atoms with E-state index in [0.29, 0.717) is 12.5 Å². The van der Waals surface area contributed by atoms with E-state index >= 15 is 0 Å². The van der Waals surface area contributed by atoms with Crippen molar-refractivity contribution in [1.29, 1.82) is 0 Å². The molecule has 0 aromatic rings. The maximum absolute atomic E-state index is 11.2. The fourth-order valence-corrected chi connectivity index (χ4v) is 1.14. The van der Waals surface area contributed by atoms with E-state index in [-0.39, 0.29) is 18.0 Å². The predicted molar refractivity (Wildman–Crippen MR) is 50.9 cm³/mol. The molecule has 1 aliphatic rings. The molecule has 0 aromatic heterocycles. The predicted octanol–water partition coefficient (Wildman–Crippen LogP) is 0.705. The third kappa shape index (κ3) is 2.55. The van der Waals surface area contributed by atoms with Crippen LogP contribution >= 0.6 is 0 Å². The maximum Gasteiger partial charge on any atom is 0.352 e. The van der Waals surface area contributed by atoms with Crippen LogP contribution in [0.25, 0.3) is 0 Å². The van der Waals surface area contributed by atoms with Gasteiger partial charge >= 0.3 is 5.97 Å². The van der Waals surface area contributed by atoms with Crippen LogP contribution < -0.4 is 0 Å². The van der Waals surface area contributed by atoms with Gasteiger partial charge in [-0.15, -0.1) is 0 Å². The van der Waals surface area contributed by atoms with Gasteiger partial charge < -0.3 is 5.11 Å². The summed E-state index contributed by atoms with van der Waals surface area (Å²) >= 11 is 0. The highest BCUT2D eigenvalue weighted by Crippen LogP contribution is 2.11. The van der Waals surface area contributed by atoms with Gasteiger partial charge in [0.15, 0.2) is 5.71 Å². The Labute approximate surface area is 82.4 Å². The Morgan fingerprint density at radius 1 is 1.64 bits per heavy atom. The SMILES string of the molecule is CC(C)CCN1N=C(C(=O)O)CC1=O. The Kier molecular flexibility index (Phi) is 3.22. The van der Waals surface area contributed by atoms with E-state index in [2.05, 4.69) is 5.10 Å². The molecule has 1 rings (SSSR count). The summed E-state index contributed by atoms with van der Waals surface area (Å²) in [7, 11) is 0. The molecule has 5 nitrogen and oxygen atoms in total. The van der Waals surface area contributed by atoms with Gasteiger partial charge in [0.05, 0.1) is 6.42 Å². The summed E-state index contributed by atoms with van der Waals surface area (Å²) < 4.78 is 0. The summed E-state index contributed by atoms with van der Waals surface area (Å²) in [5.74, 6) is -0.847. The Balaban J connectivity index is 2.54. The van der Waals surface area contributed by atoms with Crippen LogP contribution in [0, 0.1) is 5.92 Å². The number of nitrogens with zero attached hydrogens (tertiary/aromatic N) is 2. The first-order valence-electron chi connectivity index (χ1n) is 4.62. The lowest BCUT2D eigenvalue weighted by Gasteiger charge is -2.12. The standard InChI is InChI=1S/C9H14N2O3/c1-6(2)3-4-11-8(12)5-7(10-11)9(13)14/h6H,3-5H2,1-2H3,(H,13,14). The van der Waals surface area contributed by atoms with E-state index in [4.69, 9.17) is 5.11 Å². The first-order valence-corrected chi connectivity index (χ1v) is 4.62. The minimum Gasteiger partial charge on any atom is -0.477 e. The number of hydrogen-bond acceptors (Lipinski definition) is 3. The summed E-state index contributed by atoms with van der Waals surface area (Å²) in [5, 5.41) is 13.6. The highest BCUT2D eigenvalue weighted by molar-refractivity contribution is 6.40. The number of carbonyl (C=O) groups excluding carboxylic acids is 1. The molecule has 0 radical (unpaired) electrons. The summed E-state index contributed by atoms with van der Waals surface area (Å²) in [6.45, 7) is 4.60. The van der Waals surface area contributed by atoms with E-state index in [9.17, 15) is 9.59 Å². The number of amides is 1. The number of aliphatic carboxylic acids is 1. The Hall–Kier alpha value is -1.39. The van der Waals surface area contributed by atoms with Gasteiger partial charge in [0.2, 0.25) is 5.91 Å². The normalized spacial score (nSPS) is 16.4. The molecular weight excluding hydrogens is 184 g/mol. The molecule has 0 saturated heterocycles. The van der Waals surface area contributed by atoms with Crippen molar-refractivity contribution in [3.05, 3.63) is 0 Å². The summed E-state index contributed by atoms with van der Waals surface area (Å²) in [6, 6.07) is 0. The fourth-order valence-electron chi connectivity index (χ4n) is 1.14. The maximum atomic E-state index is 11.2. The summed E-state index contributed by atoms with van der Waals surface area (Å²) in [5.41, 5.74) is -0.0567. The average molecular weight is 198 g/mol. The van der Waals surface area contributed by atoms with Crippen LogP contribution in [-0.4, -0.2) is 34.2 Å². The van der Waals surface area contributed by atoms with Crippen LogP contribution in [0.4, 0.5) is 0 Å². The van der Waals surface area contributed by atoms with Gasteiger partial charge in [-0.1, -0.05) is 13.8 Å². The van der Waals surface area contributed by atoms with Crippen molar-refractivity contribution in [3.8, 4) is 0 Å². The van der Waals surface area contributed by atoms with Crippen molar-refractivity contribution in [3.63, 3.8) is 0 Å². The Morgan fingerprint density at radius 2 is 2.29 bits per heavy atom. The van der Waals surface area contributed by atoms with E-state index < -0.39 is 5.97 Å². The molecule has 78 valence electrons. The number of rotatable bonds is 4. The zero-order valence-electron chi connectivity index (χ0n) is 8.36. The van der Waals surface area contributed by atoms with Crippen molar-refractivity contribution in [2.45, 2.75) is 26.7 Å². The van der Waals surface area contributed by atoms with Gasteiger partial charge in [0.1, 0.15) is 0 Å². The molecule has 0 saturated carbocycles. The molecule has 1 aliphatic heterocycles. The lowest BCUT2D eigenvalue weighted by Crippen LogP contribution is -2.22. The number of carboxylic acid groups (broad SMARTS) is 1. The van der Waals surface area contributed by atoms with Crippen molar-refractivity contribution in [1.82, 2.24) is 5.01 Å². The highest BCUT2D eigenvalue weighted by atomic mass is 16.4. The second kappa shape index (κ2) is 4.21. The van der Waals surface area contributed by atoms with Crippen LogP contribution in [0.15, 0.2) is 5.10 Å². The van der Waals surface area contributed by atoms with Gasteiger partial charge in [0, 0.05) is 6.54 Å². The first-order chi connectivity index (χ1) is 6.50. The Bertz CT molecular complexity index is 284. The van der Waals surface area contributed by atoms with Gasteiger partial charge in [-0.05, 0) is 12.3 Å². The lowest BCUT2D eigenvalue weighted by atomic mass is 10.1. The molecule has 1 amide bonds. The minimum absolute atomic E-state index is 0.0567. The van der Waals surface area contributed by atoms with Crippen LogP contribution in [0.1, 0.15) is 26.7 Å². The van der Waals surface area contributed by atoms with Crippen molar-refractivity contribution in [2.75, 3.05) is 6.54 Å². The minimum atomic E-state index is -1.11. The van der Waals surface area contributed by atoms with Crippen LogP contribution in [0.3, 0.4) is 0 Å². The van der Waals surface area contributed by atoms with Crippen LogP contribution in [-0.2, 0) is 9.59 Å². The van der Waals surface area contributed by atoms with Crippen molar-refractivity contribution in [2.24, 2.45) is 11.0 Å². The monoisotopic (exact) mass is 198 g/mol. The van der Waals surface area contributed by atoms with Crippen molar-refractivity contribution >= 4 is 17.6 Å². The fraction of sp³-hybridized carbons (Fsp3) is 0.667. The zero-order chi connectivity index (χ0) is 10.7. The van der Waals surface area contributed by atoms with E-state index in [1.54, 1.807) is 0 Å². The average Bonchev–Trinajstić information content (AvgIpc) is 2.43. The van der Waals surface area contributed by atoms with Gasteiger partial charge in [-0.2, -0.15) is 5.10 Å². The number of carboxylic acids is 1. The molecule has 0 aromatic carbocycles. The molecular formula is C9H14N2O3. The number of hydrazone groups is 1. The smallest absolute Gasteiger partial charge is 0.352 e. The third-order valence-electron chi connectivity index (χ3n) is 2.01. The molecule has 0 aliphatic carbocycles. The van der Waals surface area contributed by atoms with Gasteiger partial charge in [0.25, 0.3) is 0 Å². The number of carbonyl (C=O) groups is 2. The van der Waals surface area contributed by atoms with E-state index in [1.807, 2.05) is 13.8 Å². The van der Waals surface area contributed by atoms with Gasteiger partial charge in [-0.25, -0.2) is 9.80 Å². The molecule has 0 fully saturated rings. The summed E-state index contributed by atoms with van der Waals surface area (Å²) in [6.07, 6.45) is 0.759. The molecule has 0 unspecified atom stereocenters. The van der Waals surface area contributed by atoms with Crippen LogP contribution in [0.2, 0.25) is 0 Å². The lowest BCUT2D eigenvalue weighted by molar-refractivity contribution is -0.131. The summed E-state index contributed by atoms with van der Waals surface area (Å²) in [4.78, 5) is 21.8. The molecule has 1 N–H and O–H groups in total. The topological polar surface area (TPSA) is 70.0 Å². The van der Waals surface area contributed by atoms with Gasteiger partial charge in [-0.3, -0.25) is 4.79 Å². The molecule has 0 atom stereocenters. The molecule has 0 spiro atoms.